The first kappa shape index (κ1) is 18.6. The van der Waals surface area contributed by atoms with Crippen molar-refractivity contribution in [3.8, 4) is 0 Å². The van der Waals surface area contributed by atoms with E-state index in [4.69, 9.17) is 4.99 Å². The lowest BCUT2D eigenvalue weighted by Crippen LogP contribution is -2.48. The summed E-state index contributed by atoms with van der Waals surface area (Å²) < 4.78 is 0. The molecule has 0 spiro atoms. The molecule has 1 atom stereocenters. The lowest BCUT2D eigenvalue weighted by Gasteiger charge is -2.35. The van der Waals surface area contributed by atoms with E-state index in [0.29, 0.717) is 11.8 Å². The molecule has 0 bridgehead atoms. The van der Waals surface area contributed by atoms with Crippen LogP contribution in [0.15, 0.2) is 4.99 Å². The molecule has 0 amide bonds. The van der Waals surface area contributed by atoms with Crippen molar-refractivity contribution in [3.63, 3.8) is 0 Å². The molecule has 1 aliphatic heterocycles. The molecule has 1 unspecified atom stereocenters. The summed E-state index contributed by atoms with van der Waals surface area (Å²) in [4.78, 5) is 7.24. The summed E-state index contributed by atoms with van der Waals surface area (Å²) in [6, 6.07) is 0. The van der Waals surface area contributed by atoms with E-state index >= 15 is 0 Å². The highest BCUT2D eigenvalue weighted by molar-refractivity contribution is 8.00. The molecule has 1 saturated heterocycles. The molecule has 0 radical (unpaired) electrons. The Morgan fingerprint density at radius 3 is 2.57 bits per heavy atom. The fourth-order valence-electron chi connectivity index (χ4n) is 2.57. The zero-order chi connectivity index (χ0) is 15.7. The fraction of sp³-hybridized carbons (Fsp3) is 0.938. The van der Waals surface area contributed by atoms with E-state index < -0.39 is 0 Å². The summed E-state index contributed by atoms with van der Waals surface area (Å²) >= 11 is 2.08. The maximum absolute atomic E-state index is 9.70. The van der Waals surface area contributed by atoms with Crippen LogP contribution in [0.25, 0.3) is 0 Å². The minimum absolute atomic E-state index is 0.0602. The summed E-state index contributed by atoms with van der Waals surface area (Å²) in [7, 11) is 0. The number of nitrogens with zero attached hydrogens (tertiary/aromatic N) is 2. The summed E-state index contributed by atoms with van der Waals surface area (Å²) in [5.41, 5.74) is -0.0602. The number of aliphatic hydroxyl groups is 1. The second kappa shape index (κ2) is 9.57. The van der Waals surface area contributed by atoms with Gasteiger partial charge in [-0.25, -0.2) is 0 Å². The lowest BCUT2D eigenvalue weighted by molar-refractivity contribution is 0.123. The van der Waals surface area contributed by atoms with Crippen molar-refractivity contribution >= 4 is 17.7 Å². The third kappa shape index (κ3) is 5.37. The third-order valence-corrected chi connectivity index (χ3v) is 6.00. The van der Waals surface area contributed by atoms with E-state index in [2.05, 4.69) is 49.7 Å². The highest BCUT2D eigenvalue weighted by atomic mass is 32.2. The zero-order valence-electron chi connectivity index (χ0n) is 14.2. The molecule has 21 heavy (non-hydrogen) atoms. The van der Waals surface area contributed by atoms with E-state index in [0.717, 1.165) is 38.4 Å². The van der Waals surface area contributed by atoms with Gasteiger partial charge in [-0.2, -0.15) is 11.8 Å². The average Bonchev–Trinajstić information content (AvgIpc) is 2.55. The molecule has 0 saturated carbocycles. The van der Waals surface area contributed by atoms with Gasteiger partial charge in [-0.1, -0.05) is 20.8 Å². The molecule has 0 aromatic heterocycles. The zero-order valence-corrected chi connectivity index (χ0v) is 15.0. The van der Waals surface area contributed by atoms with Crippen LogP contribution in [0, 0.1) is 5.41 Å². The van der Waals surface area contributed by atoms with Crippen LogP contribution in [0.5, 0.6) is 0 Å². The average molecular weight is 316 g/mol. The largest absolute Gasteiger partial charge is 0.396 e. The number of nitrogens with one attached hydrogen (secondary N) is 1. The molecule has 5 heteroatoms. The molecule has 124 valence electrons. The maximum atomic E-state index is 9.70. The van der Waals surface area contributed by atoms with E-state index in [1.165, 1.54) is 12.2 Å². The molecule has 4 nitrogen and oxygen atoms in total. The fourth-order valence-corrected chi connectivity index (χ4v) is 3.75. The van der Waals surface area contributed by atoms with Gasteiger partial charge in [0.2, 0.25) is 0 Å². The van der Waals surface area contributed by atoms with E-state index in [9.17, 15) is 5.11 Å². The predicted octanol–water partition coefficient (Wildman–Crippen LogP) is 2.58. The van der Waals surface area contributed by atoms with Gasteiger partial charge in [-0.05, 0) is 26.2 Å². The molecule has 1 aliphatic rings. The van der Waals surface area contributed by atoms with Crippen LogP contribution in [0.2, 0.25) is 0 Å². The Bertz CT molecular complexity index is 310. The molecule has 0 aromatic carbocycles. The highest BCUT2D eigenvalue weighted by Gasteiger charge is 2.26. The Hall–Kier alpha value is -0.420. The number of hydrogen-bond donors (Lipinski definition) is 2. The predicted molar refractivity (Wildman–Crippen MR) is 94.2 cm³/mol. The van der Waals surface area contributed by atoms with Crippen LogP contribution in [0.1, 0.15) is 47.0 Å². The number of hydrogen-bond acceptors (Lipinski definition) is 3. The van der Waals surface area contributed by atoms with Gasteiger partial charge in [0.25, 0.3) is 0 Å². The van der Waals surface area contributed by atoms with E-state index in [-0.39, 0.29) is 12.0 Å². The minimum atomic E-state index is -0.0602. The van der Waals surface area contributed by atoms with Gasteiger partial charge in [0.15, 0.2) is 5.96 Å². The number of aliphatic imine (C=N–C) groups is 1. The van der Waals surface area contributed by atoms with Crippen molar-refractivity contribution in [2.45, 2.75) is 52.2 Å². The second-order valence-electron chi connectivity index (χ2n) is 5.88. The summed E-state index contributed by atoms with van der Waals surface area (Å²) in [6.45, 7) is 12.6. The molecule has 2 N–H and O–H groups in total. The normalized spacial score (nSPS) is 20.7. The van der Waals surface area contributed by atoms with Gasteiger partial charge in [-0.15, -0.1) is 0 Å². The van der Waals surface area contributed by atoms with Crippen LogP contribution < -0.4 is 5.32 Å². The molecule has 0 aliphatic carbocycles. The van der Waals surface area contributed by atoms with Crippen LogP contribution in [-0.2, 0) is 0 Å². The first-order chi connectivity index (χ1) is 10.1. The Morgan fingerprint density at radius 1 is 1.33 bits per heavy atom. The lowest BCUT2D eigenvalue weighted by atomic mass is 9.83. The Balaban J connectivity index is 2.77. The van der Waals surface area contributed by atoms with Gasteiger partial charge in [0, 0.05) is 36.1 Å². The second-order valence-corrected chi connectivity index (χ2v) is 7.29. The SMILES string of the molecule is CCNC(=NCC(CC)(CC)CO)N1CCSC(CC)C1. The number of rotatable bonds is 7. The Morgan fingerprint density at radius 2 is 2.05 bits per heavy atom. The van der Waals surface area contributed by atoms with E-state index in [1.54, 1.807) is 0 Å². The standard InChI is InChI=1S/C16H33N3OS/c1-5-14-11-19(9-10-21-14)15(17-8-4)18-12-16(6-2,7-3)13-20/h14,20H,5-13H2,1-4H3,(H,17,18). The molecule has 1 heterocycles. The van der Waals surface area contributed by atoms with Crippen molar-refractivity contribution < 1.29 is 5.11 Å². The Kier molecular flexibility index (Phi) is 8.49. The molecular formula is C16H33N3OS. The van der Waals surface area contributed by atoms with Crippen molar-refractivity contribution in [3.05, 3.63) is 0 Å². The van der Waals surface area contributed by atoms with Crippen molar-refractivity contribution in [2.75, 3.05) is 38.5 Å². The first-order valence-electron chi connectivity index (χ1n) is 8.40. The topological polar surface area (TPSA) is 47.9 Å². The number of guanidine groups is 1. The summed E-state index contributed by atoms with van der Waals surface area (Å²) in [5, 5.41) is 13.8. The van der Waals surface area contributed by atoms with Crippen LogP contribution >= 0.6 is 11.8 Å². The maximum Gasteiger partial charge on any atom is 0.193 e. The van der Waals surface area contributed by atoms with Crippen LogP contribution in [0.4, 0.5) is 0 Å². The molecule has 1 rings (SSSR count). The van der Waals surface area contributed by atoms with E-state index in [1.807, 2.05) is 0 Å². The quantitative estimate of drug-likeness (QED) is 0.560. The van der Waals surface area contributed by atoms with Crippen molar-refractivity contribution in [1.29, 1.82) is 0 Å². The molecular weight excluding hydrogens is 282 g/mol. The number of aliphatic hydroxyl groups excluding tert-OH is 1. The van der Waals surface area contributed by atoms with Crippen LogP contribution in [0.3, 0.4) is 0 Å². The third-order valence-electron chi connectivity index (χ3n) is 4.63. The molecule has 0 aromatic rings. The minimum Gasteiger partial charge on any atom is -0.396 e. The summed E-state index contributed by atoms with van der Waals surface area (Å²) in [5.74, 6) is 2.20. The summed E-state index contributed by atoms with van der Waals surface area (Å²) in [6.07, 6.45) is 3.15. The smallest absolute Gasteiger partial charge is 0.193 e. The van der Waals surface area contributed by atoms with Crippen molar-refractivity contribution in [2.24, 2.45) is 10.4 Å². The van der Waals surface area contributed by atoms with Crippen LogP contribution in [-0.4, -0.2) is 59.8 Å². The monoisotopic (exact) mass is 315 g/mol. The van der Waals surface area contributed by atoms with Gasteiger partial charge in [-0.3, -0.25) is 4.99 Å². The van der Waals surface area contributed by atoms with Gasteiger partial charge in [0.05, 0.1) is 13.2 Å². The van der Waals surface area contributed by atoms with Gasteiger partial charge in [0.1, 0.15) is 0 Å². The first-order valence-corrected chi connectivity index (χ1v) is 9.45. The van der Waals surface area contributed by atoms with Gasteiger partial charge >= 0.3 is 0 Å². The van der Waals surface area contributed by atoms with Gasteiger partial charge < -0.3 is 15.3 Å². The highest BCUT2D eigenvalue weighted by Crippen LogP contribution is 2.26. The van der Waals surface area contributed by atoms with Crippen molar-refractivity contribution in [1.82, 2.24) is 10.2 Å². The Labute approximate surface area is 134 Å². The number of thioether (sulfide) groups is 1. The molecule has 1 fully saturated rings.